The van der Waals surface area contributed by atoms with Gasteiger partial charge in [0, 0.05) is 31.3 Å². The number of ether oxygens (including phenoxy) is 1. The quantitative estimate of drug-likeness (QED) is 0.598. The molecule has 0 radical (unpaired) electrons. The molecule has 1 amide bonds. The minimum atomic E-state index is -5.26. The fourth-order valence-corrected chi connectivity index (χ4v) is 2.22. The van der Waals surface area contributed by atoms with E-state index in [1.807, 2.05) is 0 Å². The number of carbonyl (C=O) groups is 2. The van der Waals surface area contributed by atoms with Crippen molar-refractivity contribution in [2.45, 2.75) is 12.6 Å². The second-order valence-electron chi connectivity index (χ2n) is 5.63. The smallest absolute Gasteiger partial charge is 0.400 e. The molecule has 0 saturated carbocycles. The molecular formula is C17H13F3N6O3. The van der Waals surface area contributed by atoms with Crippen LogP contribution in [-0.2, 0) is 11.2 Å². The van der Waals surface area contributed by atoms with Gasteiger partial charge >= 0.3 is 12.1 Å². The van der Waals surface area contributed by atoms with Gasteiger partial charge < -0.3 is 10.1 Å². The molecule has 0 aliphatic carbocycles. The van der Waals surface area contributed by atoms with E-state index in [0.29, 0.717) is 6.42 Å². The van der Waals surface area contributed by atoms with Crippen LogP contribution in [0.5, 0.6) is 5.88 Å². The van der Waals surface area contributed by atoms with E-state index in [9.17, 15) is 22.8 Å². The number of aromatic nitrogens is 5. The maximum absolute atomic E-state index is 12.6. The molecule has 0 aliphatic rings. The number of halogens is 3. The number of aromatic amines is 1. The van der Waals surface area contributed by atoms with E-state index in [4.69, 9.17) is 0 Å². The van der Waals surface area contributed by atoms with E-state index in [1.165, 1.54) is 12.3 Å². The molecule has 29 heavy (non-hydrogen) atoms. The van der Waals surface area contributed by atoms with E-state index < -0.39 is 29.5 Å². The third-order valence-corrected chi connectivity index (χ3v) is 3.61. The van der Waals surface area contributed by atoms with Crippen LogP contribution in [0, 0.1) is 0 Å². The fraction of sp³-hybridized carbons (Fsp3) is 0.176. The first-order valence-corrected chi connectivity index (χ1v) is 8.17. The molecule has 2 N–H and O–H groups in total. The maximum Gasteiger partial charge on any atom is 0.491 e. The summed E-state index contributed by atoms with van der Waals surface area (Å²) in [6, 6.07) is 4.97. The van der Waals surface area contributed by atoms with Gasteiger partial charge in [-0.25, -0.2) is 9.78 Å². The van der Waals surface area contributed by atoms with Gasteiger partial charge in [0.15, 0.2) is 5.82 Å². The Labute approximate surface area is 161 Å². The first-order chi connectivity index (χ1) is 13.8. The molecule has 0 atom stereocenters. The highest BCUT2D eigenvalue weighted by Crippen LogP contribution is 2.23. The number of nitrogens with one attached hydrogen (secondary N) is 2. The highest BCUT2D eigenvalue weighted by Gasteiger charge is 2.42. The number of hydrogen-bond acceptors (Lipinski definition) is 7. The number of nitrogens with zero attached hydrogens (tertiary/aromatic N) is 4. The van der Waals surface area contributed by atoms with Gasteiger partial charge in [0.05, 0.1) is 0 Å². The van der Waals surface area contributed by atoms with Crippen molar-refractivity contribution in [1.29, 1.82) is 0 Å². The molecule has 0 bridgehead atoms. The van der Waals surface area contributed by atoms with E-state index in [2.05, 4.69) is 35.2 Å². The summed E-state index contributed by atoms with van der Waals surface area (Å²) < 4.78 is 42.1. The van der Waals surface area contributed by atoms with Crippen LogP contribution in [-0.4, -0.2) is 49.7 Å². The predicted molar refractivity (Wildman–Crippen MR) is 91.6 cm³/mol. The zero-order valence-corrected chi connectivity index (χ0v) is 14.6. The lowest BCUT2D eigenvalue weighted by Crippen LogP contribution is -2.31. The molecule has 3 aromatic rings. The van der Waals surface area contributed by atoms with Crippen LogP contribution in [0.1, 0.15) is 15.9 Å². The van der Waals surface area contributed by atoms with Crippen LogP contribution in [0.3, 0.4) is 0 Å². The lowest BCUT2D eigenvalue weighted by atomic mass is 10.2. The number of esters is 1. The summed E-state index contributed by atoms with van der Waals surface area (Å²) in [4.78, 5) is 35.2. The normalized spacial score (nSPS) is 11.1. The maximum atomic E-state index is 12.6. The Kier molecular flexibility index (Phi) is 5.81. The number of rotatable bonds is 6. The summed E-state index contributed by atoms with van der Waals surface area (Å²) in [5.41, 5.74) is 0.745. The van der Waals surface area contributed by atoms with Gasteiger partial charge in [0.25, 0.3) is 5.91 Å². The van der Waals surface area contributed by atoms with Crippen molar-refractivity contribution in [1.82, 2.24) is 30.5 Å². The average Bonchev–Trinajstić information content (AvgIpc) is 3.23. The fourth-order valence-electron chi connectivity index (χ4n) is 2.22. The lowest BCUT2D eigenvalue weighted by molar-refractivity contribution is -0.190. The Bertz CT molecular complexity index is 993. The summed E-state index contributed by atoms with van der Waals surface area (Å²) in [5.74, 6) is -4.20. The van der Waals surface area contributed by atoms with Crippen LogP contribution in [0.15, 0.2) is 43.0 Å². The minimum absolute atomic E-state index is 0.0965. The standard InChI is InChI=1S/C17H13F3N6O3/c18-17(19,20)16(28)29-15-11(9-23-13(25-15)12-4-8-24-26-12)14(27)22-7-3-10-1-5-21-6-2-10/h1-2,4-6,8-9H,3,7H2,(H,22,27)(H,24,26). The zero-order chi connectivity index (χ0) is 20.9. The molecule has 3 heterocycles. The lowest BCUT2D eigenvalue weighted by Gasteiger charge is -2.11. The Morgan fingerprint density at radius 3 is 2.55 bits per heavy atom. The van der Waals surface area contributed by atoms with Crippen molar-refractivity contribution in [2.75, 3.05) is 6.54 Å². The van der Waals surface area contributed by atoms with Gasteiger partial charge in [-0.2, -0.15) is 23.3 Å². The predicted octanol–water partition coefficient (Wildman–Crippen LogP) is 1.70. The van der Waals surface area contributed by atoms with Gasteiger partial charge in [-0.3, -0.25) is 14.9 Å². The molecule has 0 aliphatic heterocycles. The van der Waals surface area contributed by atoms with E-state index in [0.717, 1.165) is 11.8 Å². The van der Waals surface area contributed by atoms with E-state index >= 15 is 0 Å². The largest absolute Gasteiger partial charge is 0.491 e. The van der Waals surface area contributed by atoms with Crippen LogP contribution in [0.25, 0.3) is 11.5 Å². The summed E-state index contributed by atoms with van der Waals surface area (Å²) in [7, 11) is 0. The Hall–Kier alpha value is -3.83. The first kappa shape index (κ1) is 19.9. The molecule has 3 rings (SSSR count). The van der Waals surface area contributed by atoms with Crippen LogP contribution in [0.2, 0.25) is 0 Å². The molecule has 0 fully saturated rings. The molecular weight excluding hydrogens is 393 g/mol. The minimum Gasteiger partial charge on any atom is -0.400 e. The van der Waals surface area contributed by atoms with E-state index in [-0.39, 0.29) is 18.1 Å². The summed E-state index contributed by atoms with van der Waals surface area (Å²) >= 11 is 0. The molecule has 12 heteroatoms. The molecule has 0 aromatic carbocycles. The number of pyridine rings is 1. The highest BCUT2D eigenvalue weighted by molar-refractivity contribution is 5.97. The number of alkyl halides is 3. The molecule has 0 unspecified atom stereocenters. The summed E-state index contributed by atoms with van der Waals surface area (Å²) in [5, 5.41) is 8.72. The van der Waals surface area contributed by atoms with E-state index in [1.54, 1.807) is 24.5 Å². The van der Waals surface area contributed by atoms with Crippen molar-refractivity contribution < 1.29 is 27.5 Å². The average molecular weight is 406 g/mol. The highest BCUT2D eigenvalue weighted by atomic mass is 19.4. The van der Waals surface area contributed by atoms with Gasteiger partial charge in [-0.05, 0) is 30.2 Å². The van der Waals surface area contributed by atoms with Gasteiger partial charge in [0.2, 0.25) is 5.88 Å². The second kappa shape index (κ2) is 8.46. The number of carbonyl (C=O) groups excluding carboxylic acids is 2. The molecule has 3 aromatic heterocycles. The van der Waals surface area contributed by atoms with Gasteiger partial charge in [-0.15, -0.1) is 0 Å². The SMILES string of the molecule is O=C(NCCc1ccncc1)c1cnc(-c2ccn[nH]2)nc1OC(=O)C(F)(F)F. The summed E-state index contributed by atoms with van der Waals surface area (Å²) in [6.45, 7) is 0.178. The van der Waals surface area contributed by atoms with Crippen LogP contribution in [0.4, 0.5) is 13.2 Å². The molecule has 150 valence electrons. The monoisotopic (exact) mass is 406 g/mol. The third kappa shape index (κ3) is 5.12. The zero-order valence-electron chi connectivity index (χ0n) is 14.6. The van der Waals surface area contributed by atoms with Crippen molar-refractivity contribution in [2.24, 2.45) is 0 Å². The Morgan fingerprint density at radius 1 is 1.14 bits per heavy atom. The van der Waals surface area contributed by atoms with Crippen LogP contribution >= 0.6 is 0 Å². The third-order valence-electron chi connectivity index (χ3n) is 3.61. The molecule has 0 saturated heterocycles. The Balaban J connectivity index is 1.80. The number of amides is 1. The van der Waals surface area contributed by atoms with Crippen molar-refractivity contribution in [3.63, 3.8) is 0 Å². The van der Waals surface area contributed by atoms with Crippen molar-refractivity contribution in [3.05, 3.63) is 54.1 Å². The number of H-pyrrole nitrogens is 1. The van der Waals surface area contributed by atoms with Gasteiger partial charge in [-0.1, -0.05) is 0 Å². The molecule has 9 nitrogen and oxygen atoms in total. The Morgan fingerprint density at radius 2 is 1.90 bits per heavy atom. The topological polar surface area (TPSA) is 123 Å². The second-order valence-corrected chi connectivity index (χ2v) is 5.63. The summed E-state index contributed by atoms with van der Waals surface area (Å²) in [6.07, 6.45) is 0.735. The number of hydrogen-bond donors (Lipinski definition) is 2. The van der Waals surface area contributed by atoms with Gasteiger partial charge in [0.1, 0.15) is 11.3 Å². The van der Waals surface area contributed by atoms with Crippen LogP contribution < -0.4 is 10.1 Å². The molecule has 0 spiro atoms. The van der Waals surface area contributed by atoms with Crippen molar-refractivity contribution in [3.8, 4) is 17.4 Å². The van der Waals surface area contributed by atoms with Crippen molar-refractivity contribution >= 4 is 11.9 Å². The first-order valence-electron chi connectivity index (χ1n) is 8.17.